The summed E-state index contributed by atoms with van der Waals surface area (Å²) in [6, 6.07) is 0. The Kier molecular flexibility index (Phi) is 63.4. The highest BCUT2D eigenvalue weighted by Crippen LogP contribution is 2.15. The molecule has 0 aromatic carbocycles. The summed E-state index contributed by atoms with van der Waals surface area (Å²) in [4.78, 5) is 38.3. The molecule has 0 amide bonds. The van der Waals surface area contributed by atoms with Crippen molar-refractivity contribution >= 4 is 17.9 Å². The van der Waals surface area contributed by atoms with E-state index < -0.39 is 6.10 Å². The predicted molar refractivity (Wildman–Crippen MR) is 352 cm³/mol. The maximum absolute atomic E-state index is 12.9. The number of hydrogen-bond donors (Lipinski definition) is 0. The summed E-state index contributed by atoms with van der Waals surface area (Å²) in [5, 5.41) is 0. The monoisotopic (exact) mass is 1120 g/mol. The SMILES string of the molecule is CC/C=C\C/C=C\C/C=C\C/C=C\C/C=C\C/C=C\C/C=C\C/C=C\CCCCCCCCCCC(=O)OCC(COC(=O)CCCCCCC/C=C\C/C=C\CCC)OC(=O)CCCCCCCCC/C=C\C/C=C\C/C=C\CC. The van der Waals surface area contributed by atoms with Gasteiger partial charge in [-0.15, -0.1) is 0 Å². The van der Waals surface area contributed by atoms with Crippen LogP contribution in [0, 0.1) is 0 Å². The Bertz CT molecular complexity index is 1810. The van der Waals surface area contributed by atoms with E-state index in [4.69, 9.17) is 14.2 Å². The van der Waals surface area contributed by atoms with Crippen LogP contribution in [0.4, 0.5) is 0 Å². The van der Waals surface area contributed by atoms with Crippen LogP contribution in [0.3, 0.4) is 0 Å². The zero-order valence-electron chi connectivity index (χ0n) is 52.2. The Morgan fingerprint density at radius 3 is 0.753 bits per heavy atom. The highest BCUT2D eigenvalue weighted by atomic mass is 16.6. The number of rotatable bonds is 58. The van der Waals surface area contributed by atoms with Gasteiger partial charge in [0, 0.05) is 19.3 Å². The van der Waals surface area contributed by atoms with Crippen LogP contribution in [0.15, 0.2) is 158 Å². The number of allylic oxidation sites excluding steroid dienone is 26. The van der Waals surface area contributed by atoms with E-state index in [0.29, 0.717) is 19.3 Å². The number of ether oxygens (including phenoxy) is 3. The summed E-state index contributed by atoms with van der Waals surface area (Å²) in [6.45, 7) is 6.32. The van der Waals surface area contributed by atoms with Gasteiger partial charge < -0.3 is 14.2 Å². The van der Waals surface area contributed by atoms with Crippen LogP contribution in [-0.2, 0) is 28.6 Å². The van der Waals surface area contributed by atoms with E-state index in [2.05, 4.69) is 179 Å². The van der Waals surface area contributed by atoms with Gasteiger partial charge in [-0.1, -0.05) is 275 Å². The molecule has 0 saturated carbocycles. The lowest BCUT2D eigenvalue weighted by Crippen LogP contribution is -2.30. The van der Waals surface area contributed by atoms with Crippen molar-refractivity contribution in [1.29, 1.82) is 0 Å². The lowest BCUT2D eigenvalue weighted by atomic mass is 10.1. The zero-order chi connectivity index (χ0) is 58.5. The van der Waals surface area contributed by atoms with Gasteiger partial charge in [0.05, 0.1) is 0 Å². The van der Waals surface area contributed by atoms with Gasteiger partial charge in [0.15, 0.2) is 6.10 Å². The van der Waals surface area contributed by atoms with Crippen LogP contribution >= 0.6 is 0 Å². The lowest BCUT2D eigenvalue weighted by molar-refractivity contribution is -0.167. The minimum Gasteiger partial charge on any atom is -0.462 e. The van der Waals surface area contributed by atoms with Crippen LogP contribution in [-0.4, -0.2) is 37.2 Å². The highest BCUT2D eigenvalue weighted by Gasteiger charge is 2.19. The van der Waals surface area contributed by atoms with E-state index in [1.165, 1.54) is 64.2 Å². The number of hydrogen-bond acceptors (Lipinski definition) is 6. The summed E-state index contributed by atoms with van der Waals surface area (Å²) in [5.41, 5.74) is 0. The third-order valence-electron chi connectivity index (χ3n) is 13.5. The lowest BCUT2D eigenvalue weighted by Gasteiger charge is -2.18. The van der Waals surface area contributed by atoms with Gasteiger partial charge in [0.25, 0.3) is 0 Å². The molecule has 0 rings (SSSR count). The van der Waals surface area contributed by atoms with Gasteiger partial charge >= 0.3 is 17.9 Å². The molecule has 1 unspecified atom stereocenters. The molecule has 0 heterocycles. The maximum atomic E-state index is 12.9. The van der Waals surface area contributed by atoms with Crippen LogP contribution in [0.25, 0.3) is 0 Å². The van der Waals surface area contributed by atoms with Crippen molar-refractivity contribution in [3.63, 3.8) is 0 Å². The normalized spacial score (nSPS) is 13.2. The van der Waals surface area contributed by atoms with Gasteiger partial charge in [0.2, 0.25) is 0 Å². The molecule has 0 fully saturated rings. The standard InChI is InChI=1S/C75H120O6/c1-4-7-10-13-16-19-22-25-27-29-30-31-32-33-34-35-36-37-38-39-40-41-42-43-44-46-47-50-53-56-59-62-65-68-74(77)80-71-72(70-79-73(76)67-64-61-58-55-52-49-24-21-18-15-12-9-6-3)81-75(78)69-66-63-60-57-54-51-48-45-28-26-23-20-17-14-11-8-5-2/h7-8,10-12,15-17,19-21,24-28,30-31,33-34,36-37,39-40,42-43,72H,4-6,9,13-14,18,22-23,29,32,35,38,41,44-71H2,1-3H3/b10-7-,11-8-,15-12-,19-16-,20-17-,24-21-,27-25-,28-26-,31-30-,34-33-,37-36-,40-39-,43-42-. The topological polar surface area (TPSA) is 78.9 Å². The first kappa shape index (κ1) is 76.0. The molecule has 6 heteroatoms. The molecule has 0 aliphatic carbocycles. The molecular formula is C75H120O6. The Morgan fingerprint density at radius 2 is 0.481 bits per heavy atom. The van der Waals surface area contributed by atoms with Gasteiger partial charge in [0.1, 0.15) is 13.2 Å². The first-order valence-electron chi connectivity index (χ1n) is 33.0. The summed E-state index contributed by atoms with van der Waals surface area (Å²) < 4.78 is 16.9. The molecule has 0 radical (unpaired) electrons. The number of unbranched alkanes of at least 4 members (excludes halogenated alkanes) is 21. The largest absolute Gasteiger partial charge is 0.462 e. The van der Waals surface area contributed by atoms with Crippen molar-refractivity contribution in [1.82, 2.24) is 0 Å². The van der Waals surface area contributed by atoms with Crippen molar-refractivity contribution in [3.05, 3.63) is 158 Å². The maximum Gasteiger partial charge on any atom is 0.306 e. The van der Waals surface area contributed by atoms with Crippen molar-refractivity contribution < 1.29 is 28.6 Å². The van der Waals surface area contributed by atoms with Gasteiger partial charge in [-0.25, -0.2) is 0 Å². The highest BCUT2D eigenvalue weighted by molar-refractivity contribution is 5.71. The first-order valence-corrected chi connectivity index (χ1v) is 33.0. The van der Waals surface area contributed by atoms with E-state index in [-0.39, 0.29) is 31.1 Å². The second kappa shape index (κ2) is 67.5. The Morgan fingerprint density at radius 1 is 0.259 bits per heavy atom. The van der Waals surface area contributed by atoms with Gasteiger partial charge in [-0.2, -0.15) is 0 Å². The number of carbonyl (C=O) groups excluding carboxylic acids is 3. The van der Waals surface area contributed by atoms with Crippen LogP contribution < -0.4 is 0 Å². The summed E-state index contributed by atoms with van der Waals surface area (Å²) in [7, 11) is 0. The molecule has 0 aromatic rings. The fraction of sp³-hybridized carbons (Fsp3) is 0.613. The summed E-state index contributed by atoms with van der Waals surface area (Å²) in [6.07, 6.45) is 98.2. The molecule has 81 heavy (non-hydrogen) atoms. The van der Waals surface area contributed by atoms with E-state index in [1.807, 2.05) is 0 Å². The number of esters is 3. The predicted octanol–water partition coefficient (Wildman–Crippen LogP) is 22.9. The number of carbonyl (C=O) groups is 3. The molecule has 0 aromatic heterocycles. The second-order valence-electron chi connectivity index (χ2n) is 21.3. The van der Waals surface area contributed by atoms with E-state index in [1.54, 1.807) is 0 Å². The van der Waals surface area contributed by atoms with E-state index in [9.17, 15) is 14.4 Å². The Balaban J connectivity index is 4.31. The van der Waals surface area contributed by atoms with Gasteiger partial charge in [-0.05, 0) is 141 Å². The first-order chi connectivity index (χ1) is 40.0. The van der Waals surface area contributed by atoms with Gasteiger partial charge in [-0.3, -0.25) is 14.4 Å². The quantitative estimate of drug-likeness (QED) is 0.0261. The fourth-order valence-corrected chi connectivity index (χ4v) is 8.63. The van der Waals surface area contributed by atoms with Crippen LogP contribution in [0.5, 0.6) is 0 Å². The van der Waals surface area contributed by atoms with Crippen LogP contribution in [0.2, 0.25) is 0 Å². The second-order valence-corrected chi connectivity index (χ2v) is 21.3. The van der Waals surface area contributed by atoms with Crippen LogP contribution in [0.1, 0.15) is 278 Å². The third-order valence-corrected chi connectivity index (χ3v) is 13.5. The molecule has 456 valence electrons. The minimum absolute atomic E-state index is 0.0964. The van der Waals surface area contributed by atoms with Crippen molar-refractivity contribution in [2.24, 2.45) is 0 Å². The summed E-state index contributed by atoms with van der Waals surface area (Å²) >= 11 is 0. The fourth-order valence-electron chi connectivity index (χ4n) is 8.63. The molecule has 0 N–H and O–H groups in total. The average molecular weight is 1120 g/mol. The van der Waals surface area contributed by atoms with Crippen molar-refractivity contribution in [2.45, 2.75) is 284 Å². The molecule has 1 atom stereocenters. The average Bonchev–Trinajstić information content (AvgIpc) is 3.46. The molecule has 0 bridgehead atoms. The van der Waals surface area contributed by atoms with Crippen molar-refractivity contribution in [3.8, 4) is 0 Å². The molecule has 0 saturated heterocycles. The Labute approximate surface area is 499 Å². The summed E-state index contributed by atoms with van der Waals surface area (Å²) in [5.74, 6) is -0.930. The smallest absolute Gasteiger partial charge is 0.306 e. The van der Waals surface area contributed by atoms with E-state index in [0.717, 1.165) is 173 Å². The van der Waals surface area contributed by atoms with Crippen molar-refractivity contribution in [2.75, 3.05) is 13.2 Å². The minimum atomic E-state index is -0.800. The van der Waals surface area contributed by atoms with E-state index >= 15 is 0 Å². The molecule has 0 aliphatic rings. The molecular weight excluding hydrogens is 997 g/mol. The third kappa shape index (κ3) is 65.7. The molecule has 0 aliphatic heterocycles. The molecule has 6 nitrogen and oxygen atoms in total. The zero-order valence-corrected chi connectivity index (χ0v) is 52.2. The Hall–Kier alpha value is -4.97. The molecule has 0 spiro atoms.